The number of halogens is 1. The Labute approximate surface area is 188 Å². The van der Waals surface area contributed by atoms with Gasteiger partial charge in [-0.05, 0) is 17.7 Å². The molecule has 1 unspecified atom stereocenters. The standard InChI is InChI=1S/C22H26ClN3O4S/c23-19-8-4-5-9-20(19)31(28,29)26-12-10-24(11-13-26)21(18-6-2-1-3-7-18)22(27)25-14-16-30-17-15-25/h1-9,21H,10-17H2. The van der Waals surface area contributed by atoms with E-state index in [0.29, 0.717) is 52.5 Å². The quantitative estimate of drug-likeness (QED) is 0.680. The summed E-state index contributed by atoms with van der Waals surface area (Å²) in [6.07, 6.45) is 0. The first-order valence-corrected chi connectivity index (χ1v) is 12.2. The van der Waals surface area contributed by atoms with Crippen molar-refractivity contribution in [1.82, 2.24) is 14.1 Å². The third-order valence-electron chi connectivity index (χ3n) is 5.76. The summed E-state index contributed by atoms with van der Waals surface area (Å²) in [7, 11) is -3.68. The van der Waals surface area contributed by atoms with Gasteiger partial charge in [-0.3, -0.25) is 9.69 Å². The molecule has 7 nitrogen and oxygen atoms in total. The number of carbonyl (C=O) groups is 1. The van der Waals surface area contributed by atoms with E-state index in [4.69, 9.17) is 16.3 Å². The van der Waals surface area contributed by atoms with Gasteiger partial charge in [-0.15, -0.1) is 0 Å². The second-order valence-corrected chi connectivity index (χ2v) is 9.93. The van der Waals surface area contributed by atoms with Gasteiger partial charge in [0.05, 0.1) is 18.2 Å². The fraction of sp³-hybridized carbons (Fsp3) is 0.409. The van der Waals surface area contributed by atoms with E-state index in [1.165, 1.54) is 10.4 Å². The van der Waals surface area contributed by atoms with Crippen molar-refractivity contribution >= 4 is 27.5 Å². The van der Waals surface area contributed by atoms with Crippen molar-refractivity contribution in [2.24, 2.45) is 0 Å². The molecule has 0 saturated carbocycles. The average Bonchev–Trinajstić information content (AvgIpc) is 2.81. The molecule has 0 N–H and O–H groups in total. The van der Waals surface area contributed by atoms with Crippen LogP contribution in [0.4, 0.5) is 0 Å². The number of hydrogen-bond acceptors (Lipinski definition) is 5. The van der Waals surface area contributed by atoms with E-state index in [-0.39, 0.29) is 15.8 Å². The fourth-order valence-corrected chi connectivity index (χ4v) is 6.01. The molecule has 2 aromatic carbocycles. The van der Waals surface area contributed by atoms with Crippen molar-refractivity contribution in [3.63, 3.8) is 0 Å². The monoisotopic (exact) mass is 463 g/mol. The summed E-state index contributed by atoms with van der Waals surface area (Å²) in [6.45, 7) is 3.74. The Balaban J connectivity index is 1.53. The average molecular weight is 464 g/mol. The third kappa shape index (κ3) is 4.78. The molecule has 0 aromatic heterocycles. The van der Waals surface area contributed by atoms with Gasteiger partial charge >= 0.3 is 0 Å². The van der Waals surface area contributed by atoms with Crippen molar-refractivity contribution in [1.29, 1.82) is 0 Å². The Morgan fingerprint density at radius 1 is 0.871 bits per heavy atom. The smallest absolute Gasteiger partial charge is 0.244 e. The second kappa shape index (κ2) is 9.67. The lowest BCUT2D eigenvalue weighted by Crippen LogP contribution is -2.54. The number of ether oxygens (including phenoxy) is 1. The SMILES string of the molecule is O=C(C(c1ccccc1)N1CCN(S(=O)(=O)c2ccccc2Cl)CC1)N1CCOCC1. The summed E-state index contributed by atoms with van der Waals surface area (Å²) < 4.78 is 33.0. The van der Waals surface area contributed by atoms with Gasteiger partial charge in [0, 0.05) is 39.3 Å². The van der Waals surface area contributed by atoms with Crippen LogP contribution in [-0.2, 0) is 19.6 Å². The van der Waals surface area contributed by atoms with Crippen LogP contribution in [0.25, 0.3) is 0 Å². The zero-order valence-electron chi connectivity index (χ0n) is 17.2. The van der Waals surface area contributed by atoms with Crippen LogP contribution >= 0.6 is 11.6 Å². The van der Waals surface area contributed by atoms with Crippen LogP contribution in [0.5, 0.6) is 0 Å². The van der Waals surface area contributed by atoms with E-state index >= 15 is 0 Å². The van der Waals surface area contributed by atoms with E-state index in [1.807, 2.05) is 35.2 Å². The number of rotatable bonds is 5. The maximum Gasteiger partial charge on any atom is 0.244 e. The van der Waals surface area contributed by atoms with Gasteiger partial charge in [0.1, 0.15) is 10.9 Å². The third-order valence-corrected chi connectivity index (χ3v) is 8.16. The van der Waals surface area contributed by atoms with Crippen LogP contribution in [0.2, 0.25) is 5.02 Å². The van der Waals surface area contributed by atoms with Crippen LogP contribution < -0.4 is 0 Å². The molecular weight excluding hydrogens is 438 g/mol. The van der Waals surface area contributed by atoms with E-state index in [1.54, 1.807) is 18.2 Å². The molecule has 1 atom stereocenters. The molecule has 4 rings (SSSR count). The van der Waals surface area contributed by atoms with E-state index in [9.17, 15) is 13.2 Å². The Morgan fingerprint density at radius 3 is 2.13 bits per heavy atom. The largest absolute Gasteiger partial charge is 0.378 e. The van der Waals surface area contributed by atoms with Gasteiger partial charge < -0.3 is 9.64 Å². The molecule has 2 aromatic rings. The molecule has 0 spiro atoms. The van der Waals surface area contributed by atoms with Crippen molar-refractivity contribution in [2.45, 2.75) is 10.9 Å². The molecule has 1 amide bonds. The van der Waals surface area contributed by atoms with Gasteiger partial charge in [-0.1, -0.05) is 54.1 Å². The predicted molar refractivity (Wildman–Crippen MR) is 118 cm³/mol. The molecule has 2 aliphatic heterocycles. The first-order valence-electron chi connectivity index (χ1n) is 10.4. The highest BCUT2D eigenvalue weighted by Gasteiger charge is 2.37. The molecule has 2 fully saturated rings. The lowest BCUT2D eigenvalue weighted by molar-refractivity contribution is -0.142. The number of nitrogens with zero attached hydrogens (tertiary/aromatic N) is 3. The normalized spacial score (nSPS) is 19.8. The van der Waals surface area contributed by atoms with Crippen molar-refractivity contribution in [2.75, 3.05) is 52.5 Å². The maximum absolute atomic E-state index is 13.4. The van der Waals surface area contributed by atoms with Gasteiger partial charge in [-0.25, -0.2) is 8.42 Å². The Bertz CT molecular complexity index is 1000. The molecule has 2 saturated heterocycles. The first kappa shape index (κ1) is 22.2. The summed E-state index contributed by atoms with van der Waals surface area (Å²) >= 11 is 6.14. The summed E-state index contributed by atoms with van der Waals surface area (Å²) in [6, 6.07) is 15.7. The van der Waals surface area contributed by atoms with Crippen LogP contribution in [0, 0.1) is 0 Å². The topological polar surface area (TPSA) is 70.2 Å². The predicted octanol–water partition coefficient (Wildman–Crippen LogP) is 2.25. The summed E-state index contributed by atoms with van der Waals surface area (Å²) in [5.41, 5.74) is 0.918. The molecule has 0 radical (unpaired) electrons. The molecular formula is C22H26ClN3O4S. The number of sulfonamides is 1. The van der Waals surface area contributed by atoms with Crippen LogP contribution in [0.1, 0.15) is 11.6 Å². The molecule has 0 bridgehead atoms. The number of carbonyl (C=O) groups excluding carboxylic acids is 1. The van der Waals surface area contributed by atoms with Crippen LogP contribution in [0.3, 0.4) is 0 Å². The molecule has 2 aliphatic rings. The second-order valence-electron chi connectivity index (χ2n) is 7.62. The first-order chi connectivity index (χ1) is 15.0. The molecule has 9 heteroatoms. The minimum atomic E-state index is -3.68. The maximum atomic E-state index is 13.4. The van der Waals surface area contributed by atoms with Crippen molar-refractivity contribution < 1.29 is 17.9 Å². The number of benzene rings is 2. The number of morpholine rings is 1. The Hall–Kier alpha value is -1.97. The van der Waals surface area contributed by atoms with E-state index < -0.39 is 16.1 Å². The van der Waals surface area contributed by atoms with Crippen molar-refractivity contribution in [3.8, 4) is 0 Å². The Kier molecular flexibility index (Phi) is 6.93. The zero-order chi connectivity index (χ0) is 21.8. The van der Waals surface area contributed by atoms with Gasteiger partial charge in [0.2, 0.25) is 15.9 Å². The van der Waals surface area contributed by atoms with Gasteiger partial charge in [-0.2, -0.15) is 4.31 Å². The number of piperazine rings is 1. The Morgan fingerprint density at radius 2 is 1.48 bits per heavy atom. The molecule has 31 heavy (non-hydrogen) atoms. The molecule has 166 valence electrons. The zero-order valence-corrected chi connectivity index (χ0v) is 18.8. The van der Waals surface area contributed by atoms with Crippen LogP contribution in [-0.4, -0.2) is 80.9 Å². The molecule has 0 aliphatic carbocycles. The summed E-state index contributed by atoms with van der Waals surface area (Å²) in [5.74, 6) is 0.0388. The minimum Gasteiger partial charge on any atom is -0.378 e. The summed E-state index contributed by atoms with van der Waals surface area (Å²) in [4.78, 5) is 17.5. The fourth-order valence-electron chi connectivity index (χ4n) is 4.10. The van der Waals surface area contributed by atoms with Crippen LogP contribution in [0.15, 0.2) is 59.5 Å². The van der Waals surface area contributed by atoms with Gasteiger partial charge in [0.15, 0.2) is 0 Å². The lowest BCUT2D eigenvalue weighted by atomic mass is 10.0. The van der Waals surface area contributed by atoms with Crippen molar-refractivity contribution in [3.05, 3.63) is 65.2 Å². The van der Waals surface area contributed by atoms with E-state index in [0.717, 1.165) is 5.56 Å². The highest BCUT2D eigenvalue weighted by Crippen LogP contribution is 2.29. The van der Waals surface area contributed by atoms with Gasteiger partial charge in [0.25, 0.3) is 0 Å². The van der Waals surface area contributed by atoms with E-state index in [2.05, 4.69) is 4.90 Å². The highest BCUT2D eigenvalue weighted by atomic mass is 35.5. The summed E-state index contributed by atoms with van der Waals surface area (Å²) in [5, 5.41) is 0.217. The highest BCUT2D eigenvalue weighted by molar-refractivity contribution is 7.89. The number of amides is 1. The molecule has 2 heterocycles. The lowest BCUT2D eigenvalue weighted by Gasteiger charge is -2.40. The minimum absolute atomic E-state index is 0.0388. The number of hydrogen-bond donors (Lipinski definition) is 0.